The molecule has 3 amide bonds. The van der Waals surface area contributed by atoms with Crippen molar-refractivity contribution >= 4 is 33.2 Å². The highest BCUT2D eigenvalue weighted by molar-refractivity contribution is 7.90. The third-order valence-electron chi connectivity index (χ3n) is 5.21. The Morgan fingerprint density at radius 1 is 0.867 bits per heavy atom. The molecule has 0 unspecified atom stereocenters. The van der Waals surface area contributed by atoms with Crippen molar-refractivity contribution < 1.29 is 27.7 Å². The second-order valence-corrected chi connectivity index (χ2v) is 9.34. The molecule has 0 aromatic heterocycles. The maximum Gasteiger partial charge on any atom is 0.312 e. The van der Waals surface area contributed by atoms with E-state index in [2.05, 4.69) is 0 Å². The summed E-state index contributed by atoms with van der Waals surface area (Å²) in [7, 11) is -3.75. The quantitative estimate of drug-likeness (QED) is 0.365. The SMILES string of the molecule is CS(=O)(=O)c1cc(C(=O)N2CCN(C(=O)C(=O)N3CCCC3)CC2)cc([N+](=O)[O-])c1. The molecule has 0 N–H and O–H groups in total. The molecule has 11 nitrogen and oxygen atoms in total. The molecule has 2 fully saturated rings. The molecule has 0 aliphatic carbocycles. The lowest BCUT2D eigenvalue weighted by atomic mass is 10.1. The first-order valence-electron chi connectivity index (χ1n) is 9.45. The molecule has 0 atom stereocenters. The predicted molar refractivity (Wildman–Crippen MR) is 105 cm³/mol. The minimum absolute atomic E-state index is 0.113. The average Bonchev–Trinajstić information content (AvgIpc) is 3.26. The molecule has 30 heavy (non-hydrogen) atoms. The minimum Gasteiger partial charge on any atom is -0.335 e. The van der Waals surface area contributed by atoms with E-state index in [1.54, 1.807) is 0 Å². The lowest BCUT2D eigenvalue weighted by molar-refractivity contribution is -0.385. The second-order valence-electron chi connectivity index (χ2n) is 7.33. The molecular weight excluding hydrogens is 416 g/mol. The first-order valence-corrected chi connectivity index (χ1v) is 11.3. The van der Waals surface area contributed by atoms with Gasteiger partial charge >= 0.3 is 11.8 Å². The number of amides is 3. The molecule has 1 aromatic rings. The van der Waals surface area contributed by atoms with Gasteiger partial charge in [0.2, 0.25) is 0 Å². The van der Waals surface area contributed by atoms with Gasteiger partial charge in [-0.05, 0) is 18.9 Å². The lowest BCUT2D eigenvalue weighted by Gasteiger charge is -2.35. The van der Waals surface area contributed by atoms with E-state index in [0.717, 1.165) is 37.3 Å². The first-order chi connectivity index (χ1) is 14.1. The van der Waals surface area contributed by atoms with Crippen LogP contribution in [0.15, 0.2) is 23.1 Å². The highest BCUT2D eigenvalue weighted by Crippen LogP contribution is 2.22. The Hall–Kier alpha value is -3.02. The summed E-state index contributed by atoms with van der Waals surface area (Å²) in [4.78, 5) is 51.8. The van der Waals surface area contributed by atoms with Crippen LogP contribution in [-0.2, 0) is 19.4 Å². The molecule has 2 heterocycles. The predicted octanol–water partition coefficient (Wildman–Crippen LogP) is -0.0949. The van der Waals surface area contributed by atoms with Gasteiger partial charge in [0.1, 0.15) is 0 Å². The number of likely N-dealkylation sites (tertiary alicyclic amines) is 1. The Labute approximate surface area is 173 Å². The van der Waals surface area contributed by atoms with Crippen molar-refractivity contribution in [2.45, 2.75) is 17.7 Å². The maximum absolute atomic E-state index is 12.8. The number of hydrogen-bond donors (Lipinski definition) is 0. The number of piperazine rings is 1. The fourth-order valence-corrected chi connectivity index (χ4v) is 4.19. The number of carbonyl (C=O) groups is 3. The standard InChI is InChI=1S/C18H22N4O7S/c1-30(28,29)15-11-13(10-14(12-15)22(26)27)16(23)20-6-8-21(9-7-20)18(25)17(24)19-4-2-3-5-19/h10-12H,2-9H2,1H3. The third-order valence-corrected chi connectivity index (χ3v) is 6.30. The highest BCUT2D eigenvalue weighted by atomic mass is 32.2. The fraction of sp³-hybridized carbons (Fsp3) is 0.500. The van der Waals surface area contributed by atoms with Gasteiger partial charge in [-0.25, -0.2) is 8.42 Å². The smallest absolute Gasteiger partial charge is 0.312 e. The molecule has 1 aromatic carbocycles. The maximum atomic E-state index is 12.8. The lowest BCUT2D eigenvalue weighted by Crippen LogP contribution is -2.54. The van der Waals surface area contributed by atoms with Crippen molar-refractivity contribution in [1.82, 2.24) is 14.7 Å². The van der Waals surface area contributed by atoms with Gasteiger partial charge in [-0.3, -0.25) is 24.5 Å². The van der Waals surface area contributed by atoms with E-state index in [1.807, 2.05) is 0 Å². The largest absolute Gasteiger partial charge is 0.335 e. The Morgan fingerprint density at radius 2 is 1.37 bits per heavy atom. The molecular formula is C18H22N4O7S. The number of nitro groups is 1. The van der Waals surface area contributed by atoms with Crippen LogP contribution in [-0.4, -0.2) is 91.3 Å². The summed E-state index contributed by atoms with van der Waals surface area (Å²) in [5.41, 5.74) is -0.608. The highest BCUT2D eigenvalue weighted by Gasteiger charge is 2.32. The number of non-ortho nitro benzene ring substituents is 1. The number of rotatable bonds is 3. The van der Waals surface area contributed by atoms with Crippen LogP contribution >= 0.6 is 0 Å². The minimum atomic E-state index is -3.75. The number of sulfone groups is 1. The van der Waals surface area contributed by atoms with E-state index in [0.29, 0.717) is 13.1 Å². The van der Waals surface area contributed by atoms with Crippen LogP contribution in [0.4, 0.5) is 5.69 Å². The molecule has 0 bridgehead atoms. The molecule has 2 aliphatic rings. The number of carbonyl (C=O) groups excluding carboxylic acids is 3. The zero-order valence-electron chi connectivity index (χ0n) is 16.4. The monoisotopic (exact) mass is 438 g/mol. The van der Waals surface area contributed by atoms with Crippen molar-refractivity contribution in [2.75, 3.05) is 45.5 Å². The van der Waals surface area contributed by atoms with Crippen LogP contribution in [0.5, 0.6) is 0 Å². The van der Waals surface area contributed by atoms with Crippen LogP contribution < -0.4 is 0 Å². The van der Waals surface area contributed by atoms with Crippen molar-refractivity contribution in [3.8, 4) is 0 Å². The zero-order chi connectivity index (χ0) is 22.1. The van der Waals surface area contributed by atoms with Crippen LogP contribution in [0.3, 0.4) is 0 Å². The molecule has 2 aliphatic heterocycles. The molecule has 0 saturated carbocycles. The summed E-state index contributed by atoms with van der Waals surface area (Å²) in [5.74, 6) is -1.70. The molecule has 12 heteroatoms. The topological polar surface area (TPSA) is 138 Å². The Bertz CT molecular complexity index is 994. The third kappa shape index (κ3) is 4.58. The Kier molecular flexibility index (Phi) is 6.06. The number of hydrogen-bond acceptors (Lipinski definition) is 7. The normalized spacial score (nSPS) is 17.2. The van der Waals surface area contributed by atoms with E-state index >= 15 is 0 Å². The summed E-state index contributed by atoms with van der Waals surface area (Å²) in [6.45, 7) is 1.70. The van der Waals surface area contributed by atoms with Gasteiger partial charge in [-0.1, -0.05) is 0 Å². The Morgan fingerprint density at radius 3 is 1.87 bits per heavy atom. The van der Waals surface area contributed by atoms with E-state index in [9.17, 15) is 32.9 Å². The van der Waals surface area contributed by atoms with Crippen LogP contribution in [0.1, 0.15) is 23.2 Å². The van der Waals surface area contributed by atoms with Crippen LogP contribution in [0.25, 0.3) is 0 Å². The van der Waals surface area contributed by atoms with Gasteiger partial charge in [-0.2, -0.15) is 0 Å². The van der Waals surface area contributed by atoms with Crippen LogP contribution in [0.2, 0.25) is 0 Å². The van der Waals surface area contributed by atoms with Crippen molar-refractivity contribution in [1.29, 1.82) is 0 Å². The Balaban J connectivity index is 1.70. The van der Waals surface area contributed by atoms with Gasteiger partial charge in [-0.15, -0.1) is 0 Å². The first kappa shape index (κ1) is 21.7. The van der Waals surface area contributed by atoms with Gasteiger partial charge in [0.05, 0.1) is 9.82 Å². The number of nitrogens with zero attached hydrogens (tertiary/aromatic N) is 4. The van der Waals surface area contributed by atoms with Gasteiger partial charge in [0.15, 0.2) is 9.84 Å². The van der Waals surface area contributed by atoms with E-state index in [1.165, 1.54) is 14.7 Å². The summed E-state index contributed by atoms with van der Waals surface area (Å²) in [6.07, 6.45) is 2.65. The zero-order valence-corrected chi connectivity index (χ0v) is 17.3. The fourth-order valence-electron chi connectivity index (χ4n) is 3.51. The van der Waals surface area contributed by atoms with Gasteiger partial charge in [0.25, 0.3) is 11.6 Å². The summed E-state index contributed by atoms with van der Waals surface area (Å²) in [5, 5.41) is 11.1. The number of nitro benzene ring substituents is 1. The summed E-state index contributed by atoms with van der Waals surface area (Å²) < 4.78 is 23.6. The van der Waals surface area contributed by atoms with Crippen LogP contribution in [0, 0.1) is 10.1 Å². The average molecular weight is 438 g/mol. The van der Waals surface area contributed by atoms with Crippen molar-refractivity contribution in [2.24, 2.45) is 0 Å². The van der Waals surface area contributed by atoms with Gasteiger partial charge < -0.3 is 14.7 Å². The van der Waals surface area contributed by atoms with Gasteiger partial charge in [0, 0.05) is 63.2 Å². The van der Waals surface area contributed by atoms with E-state index in [4.69, 9.17) is 0 Å². The van der Waals surface area contributed by atoms with E-state index < -0.39 is 38.2 Å². The van der Waals surface area contributed by atoms with Crippen molar-refractivity contribution in [3.05, 3.63) is 33.9 Å². The van der Waals surface area contributed by atoms with E-state index in [-0.39, 0.29) is 36.6 Å². The molecule has 162 valence electrons. The molecule has 0 spiro atoms. The molecule has 0 radical (unpaired) electrons. The summed E-state index contributed by atoms with van der Waals surface area (Å²) >= 11 is 0. The second kappa shape index (κ2) is 8.38. The molecule has 2 saturated heterocycles. The molecule has 3 rings (SSSR count). The number of benzene rings is 1. The summed E-state index contributed by atoms with van der Waals surface area (Å²) in [6, 6.07) is 3.05. The van der Waals surface area contributed by atoms with Crippen molar-refractivity contribution in [3.63, 3.8) is 0 Å².